The predicted octanol–water partition coefficient (Wildman–Crippen LogP) is 5.01. The molecule has 1 nitrogen and oxygen atoms in total. The first-order valence-corrected chi connectivity index (χ1v) is 12.9. The van der Waals surface area contributed by atoms with Gasteiger partial charge in [0.15, 0.2) is 0 Å². The Morgan fingerprint density at radius 2 is 1.00 bits per heavy atom. The molecule has 0 aliphatic carbocycles. The third-order valence-electron chi connectivity index (χ3n) is 5.32. The molecule has 3 rings (SSSR count). The zero-order valence-corrected chi connectivity index (χ0v) is 17.9. The zero-order chi connectivity index (χ0) is 19.2. The third kappa shape index (κ3) is 3.97. The minimum atomic E-state index is -3.05. The number of rotatable bonds is 8. The molecule has 3 aromatic rings. The first-order chi connectivity index (χ1) is 13.1. The topological polar surface area (TPSA) is 3.24 Å². The van der Waals surface area contributed by atoms with Crippen LogP contribution in [-0.4, -0.2) is 31.7 Å². The summed E-state index contributed by atoms with van der Waals surface area (Å²) < 4.78 is 0. The Balaban J connectivity index is 2.19. The fraction of sp³-hybridized carbons (Fsp3) is 0.250. The van der Waals surface area contributed by atoms with Gasteiger partial charge in [0.2, 0.25) is 0 Å². The Hall–Kier alpha value is -1.66. The van der Waals surface area contributed by atoms with E-state index in [-0.39, 0.29) is 0 Å². The van der Waals surface area contributed by atoms with Crippen molar-refractivity contribution in [2.24, 2.45) is 0 Å². The molecule has 0 aliphatic heterocycles. The molecule has 0 atom stereocenters. The standard InChI is InChI=1S/C24H29ClNP/c1-26(2)20-12-13-21-27(25,22-14-6-3-7-15-22,23-16-8-4-9-17-23)24-18-10-5-11-19-24/h3-11,14-19H,12-13,20-21H2,1-2H3. The average Bonchev–Trinajstić information content (AvgIpc) is 2.73. The van der Waals surface area contributed by atoms with E-state index in [9.17, 15) is 0 Å². The van der Waals surface area contributed by atoms with Gasteiger partial charge in [-0.2, -0.15) is 0 Å². The quantitative estimate of drug-likeness (QED) is 0.381. The molecule has 0 unspecified atom stereocenters. The van der Waals surface area contributed by atoms with E-state index in [2.05, 4.69) is 110 Å². The number of hydrogen-bond acceptors (Lipinski definition) is 1. The molecule has 142 valence electrons. The van der Waals surface area contributed by atoms with E-state index in [4.69, 9.17) is 11.2 Å². The summed E-state index contributed by atoms with van der Waals surface area (Å²) in [4.78, 5) is 2.25. The number of nitrogens with zero attached hydrogens (tertiary/aromatic N) is 1. The molecule has 0 aromatic heterocycles. The second-order valence-corrected chi connectivity index (χ2v) is 14.0. The normalized spacial score (nSPS) is 13.3. The Kier molecular flexibility index (Phi) is 6.37. The van der Waals surface area contributed by atoms with Crippen molar-refractivity contribution in [2.45, 2.75) is 12.8 Å². The third-order valence-corrected chi connectivity index (χ3v) is 12.9. The van der Waals surface area contributed by atoms with Crippen LogP contribution >= 0.6 is 17.2 Å². The first kappa shape index (κ1) is 20.1. The molecule has 0 aliphatic rings. The van der Waals surface area contributed by atoms with Gasteiger partial charge in [-0.15, -0.1) is 0 Å². The summed E-state index contributed by atoms with van der Waals surface area (Å²) in [7, 11) is 4.26. The average molecular weight is 398 g/mol. The van der Waals surface area contributed by atoms with Crippen LogP contribution in [0.4, 0.5) is 0 Å². The van der Waals surface area contributed by atoms with Gasteiger partial charge < -0.3 is 0 Å². The van der Waals surface area contributed by atoms with Crippen molar-refractivity contribution in [3.05, 3.63) is 91.0 Å². The van der Waals surface area contributed by atoms with E-state index >= 15 is 0 Å². The van der Waals surface area contributed by atoms with Crippen LogP contribution in [0.3, 0.4) is 0 Å². The number of unbranched alkanes of at least 4 members (excludes halogenated alkanes) is 1. The second-order valence-electron chi connectivity index (χ2n) is 7.42. The molecule has 27 heavy (non-hydrogen) atoms. The second kappa shape index (κ2) is 8.57. The van der Waals surface area contributed by atoms with E-state index in [1.165, 1.54) is 15.9 Å². The van der Waals surface area contributed by atoms with Gasteiger partial charge in [0.25, 0.3) is 0 Å². The van der Waals surface area contributed by atoms with Gasteiger partial charge in [-0.3, -0.25) is 0 Å². The van der Waals surface area contributed by atoms with Crippen LogP contribution in [0.15, 0.2) is 91.0 Å². The fourth-order valence-electron chi connectivity index (χ4n) is 3.89. The molecule has 0 N–H and O–H groups in total. The summed E-state index contributed by atoms with van der Waals surface area (Å²) >= 11 is 8.01. The van der Waals surface area contributed by atoms with Gasteiger partial charge in [-0.1, -0.05) is 0 Å². The zero-order valence-electron chi connectivity index (χ0n) is 16.3. The van der Waals surface area contributed by atoms with Crippen LogP contribution in [0.2, 0.25) is 0 Å². The molecule has 3 aromatic carbocycles. The molecular weight excluding hydrogens is 369 g/mol. The molecule has 0 fully saturated rings. The van der Waals surface area contributed by atoms with Crippen LogP contribution in [0.1, 0.15) is 12.8 Å². The van der Waals surface area contributed by atoms with Crippen molar-refractivity contribution in [3.8, 4) is 0 Å². The molecule has 0 heterocycles. The summed E-state index contributed by atoms with van der Waals surface area (Å²) in [5, 5.41) is 3.77. The summed E-state index contributed by atoms with van der Waals surface area (Å²) in [5.74, 6) is -3.05. The van der Waals surface area contributed by atoms with E-state index in [0.717, 1.165) is 25.5 Å². The van der Waals surface area contributed by atoms with Gasteiger partial charge >= 0.3 is 169 Å². The van der Waals surface area contributed by atoms with Crippen molar-refractivity contribution < 1.29 is 0 Å². The Bertz CT molecular complexity index is 735. The molecule has 0 saturated carbocycles. The van der Waals surface area contributed by atoms with Crippen molar-refractivity contribution in [1.82, 2.24) is 4.90 Å². The van der Waals surface area contributed by atoms with Gasteiger partial charge in [0, 0.05) is 0 Å². The summed E-state index contributed by atoms with van der Waals surface area (Å²) in [6, 6.07) is 32.2. The van der Waals surface area contributed by atoms with Crippen LogP contribution in [0.25, 0.3) is 0 Å². The molecule has 0 saturated heterocycles. The molecule has 0 bridgehead atoms. The number of benzene rings is 3. The molecule has 0 radical (unpaired) electrons. The fourth-order valence-corrected chi connectivity index (χ4v) is 10.1. The van der Waals surface area contributed by atoms with Crippen LogP contribution in [0, 0.1) is 0 Å². The van der Waals surface area contributed by atoms with Gasteiger partial charge in [0.1, 0.15) is 0 Å². The molecular formula is C24H29ClNP. The van der Waals surface area contributed by atoms with Crippen LogP contribution in [0.5, 0.6) is 0 Å². The Labute approximate surface area is 168 Å². The van der Waals surface area contributed by atoms with Crippen molar-refractivity contribution in [1.29, 1.82) is 0 Å². The molecule has 0 amide bonds. The van der Waals surface area contributed by atoms with E-state index in [1.54, 1.807) is 0 Å². The van der Waals surface area contributed by atoms with Gasteiger partial charge in [-0.05, 0) is 0 Å². The summed E-state index contributed by atoms with van der Waals surface area (Å²) in [5.41, 5.74) is 0. The minimum absolute atomic E-state index is 0.971. The van der Waals surface area contributed by atoms with Gasteiger partial charge in [0.05, 0.1) is 0 Å². The summed E-state index contributed by atoms with van der Waals surface area (Å²) in [6.45, 7) is 1.09. The maximum atomic E-state index is 8.01. The molecule has 0 spiro atoms. The van der Waals surface area contributed by atoms with E-state index in [0.29, 0.717) is 0 Å². The van der Waals surface area contributed by atoms with Crippen molar-refractivity contribution in [2.75, 3.05) is 26.8 Å². The van der Waals surface area contributed by atoms with Crippen LogP contribution < -0.4 is 15.9 Å². The van der Waals surface area contributed by atoms with Crippen molar-refractivity contribution >= 4 is 33.1 Å². The SMILES string of the molecule is CN(C)CCCCP(Cl)(c1ccccc1)(c1ccccc1)c1ccccc1. The Morgan fingerprint density at radius 1 is 0.630 bits per heavy atom. The van der Waals surface area contributed by atoms with Gasteiger partial charge in [-0.25, -0.2) is 0 Å². The van der Waals surface area contributed by atoms with Crippen molar-refractivity contribution in [3.63, 3.8) is 0 Å². The first-order valence-electron chi connectivity index (χ1n) is 9.60. The van der Waals surface area contributed by atoms with E-state index in [1.807, 2.05) is 0 Å². The summed E-state index contributed by atoms with van der Waals surface area (Å²) in [6.07, 6.45) is 3.21. The number of halogens is 1. The monoisotopic (exact) mass is 397 g/mol. The van der Waals surface area contributed by atoms with Crippen LogP contribution in [-0.2, 0) is 0 Å². The molecule has 3 heteroatoms. The predicted molar refractivity (Wildman–Crippen MR) is 124 cm³/mol. The maximum absolute atomic E-state index is 8.01. The Morgan fingerprint density at radius 3 is 1.33 bits per heavy atom. The van der Waals surface area contributed by atoms with E-state index < -0.39 is 5.96 Å². The number of hydrogen-bond donors (Lipinski definition) is 0.